The van der Waals surface area contributed by atoms with Crippen molar-refractivity contribution in [2.75, 3.05) is 5.75 Å². The van der Waals surface area contributed by atoms with Gasteiger partial charge in [0.1, 0.15) is 5.75 Å². The quantitative estimate of drug-likeness (QED) is 0.842. The van der Waals surface area contributed by atoms with Crippen molar-refractivity contribution in [3.05, 3.63) is 71.8 Å². The van der Waals surface area contributed by atoms with Gasteiger partial charge in [0.05, 0.1) is 5.54 Å². The lowest BCUT2D eigenvalue weighted by molar-refractivity contribution is -0.115. The molecule has 116 valence electrons. The van der Waals surface area contributed by atoms with Crippen LogP contribution in [0.1, 0.15) is 18.1 Å². The molecule has 22 heavy (non-hydrogen) atoms. The largest absolute Gasteiger partial charge is 0.369 e. The molecule has 0 saturated heterocycles. The summed E-state index contributed by atoms with van der Waals surface area (Å²) in [5.41, 5.74) is 5.57. The normalized spacial score (nSPS) is 12.0. The van der Waals surface area contributed by atoms with Gasteiger partial charge >= 0.3 is 0 Å². The van der Waals surface area contributed by atoms with Crippen molar-refractivity contribution in [2.45, 2.75) is 12.5 Å². The van der Waals surface area contributed by atoms with Crippen LogP contribution in [0.25, 0.3) is 0 Å². The third kappa shape index (κ3) is 3.72. The van der Waals surface area contributed by atoms with E-state index in [0.29, 0.717) is 0 Å². The monoisotopic (exact) mass is 318 g/mol. The number of sulfonamides is 1. The number of hydrogen-bond acceptors (Lipinski definition) is 3. The lowest BCUT2D eigenvalue weighted by Gasteiger charge is -2.31. The Morgan fingerprint density at radius 1 is 1.00 bits per heavy atom. The van der Waals surface area contributed by atoms with E-state index in [1.807, 2.05) is 60.7 Å². The van der Waals surface area contributed by atoms with Crippen molar-refractivity contribution in [1.29, 1.82) is 0 Å². The molecule has 2 rings (SSSR count). The predicted octanol–water partition coefficient (Wildman–Crippen LogP) is 1.35. The SMILES string of the molecule is CC(NS(=O)(=O)CC(N)=O)(c1ccccc1)c1ccccc1. The minimum atomic E-state index is -3.86. The highest BCUT2D eigenvalue weighted by Gasteiger charge is 2.33. The topological polar surface area (TPSA) is 89.3 Å². The summed E-state index contributed by atoms with van der Waals surface area (Å²) in [5.74, 6) is -1.64. The van der Waals surface area contributed by atoms with E-state index in [-0.39, 0.29) is 0 Å². The Balaban J connectivity index is 2.50. The van der Waals surface area contributed by atoms with Crippen LogP contribution in [0, 0.1) is 0 Å². The number of rotatable bonds is 6. The Kier molecular flexibility index (Phi) is 4.63. The van der Waals surface area contributed by atoms with Crippen molar-refractivity contribution in [3.63, 3.8) is 0 Å². The van der Waals surface area contributed by atoms with Crippen molar-refractivity contribution in [1.82, 2.24) is 4.72 Å². The third-order valence-electron chi connectivity index (χ3n) is 3.39. The van der Waals surface area contributed by atoms with Gasteiger partial charge in [0.2, 0.25) is 15.9 Å². The van der Waals surface area contributed by atoms with Gasteiger partial charge in [0.15, 0.2) is 0 Å². The van der Waals surface area contributed by atoms with Gasteiger partial charge in [-0.25, -0.2) is 13.1 Å². The molecule has 0 fully saturated rings. The summed E-state index contributed by atoms with van der Waals surface area (Å²) in [4.78, 5) is 11.0. The molecule has 0 aliphatic rings. The van der Waals surface area contributed by atoms with Crippen LogP contribution in [0.2, 0.25) is 0 Å². The molecule has 0 spiro atoms. The number of carbonyl (C=O) groups excluding carboxylic acids is 1. The molecule has 2 aromatic rings. The summed E-state index contributed by atoms with van der Waals surface area (Å²) >= 11 is 0. The fraction of sp³-hybridized carbons (Fsp3) is 0.188. The van der Waals surface area contributed by atoms with Crippen LogP contribution >= 0.6 is 0 Å². The van der Waals surface area contributed by atoms with E-state index in [0.717, 1.165) is 11.1 Å². The average Bonchev–Trinajstić information content (AvgIpc) is 2.47. The number of carbonyl (C=O) groups is 1. The molecule has 0 radical (unpaired) electrons. The minimum absolute atomic E-state index is 0.748. The molecule has 3 N–H and O–H groups in total. The second kappa shape index (κ2) is 6.29. The smallest absolute Gasteiger partial charge is 0.234 e. The number of benzene rings is 2. The summed E-state index contributed by atoms with van der Waals surface area (Å²) < 4.78 is 27.0. The van der Waals surface area contributed by atoms with Gasteiger partial charge < -0.3 is 5.73 Å². The Hall–Kier alpha value is -2.18. The van der Waals surface area contributed by atoms with Crippen LogP contribution < -0.4 is 10.5 Å². The fourth-order valence-corrected chi connectivity index (χ4v) is 3.67. The maximum Gasteiger partial charge on any atom is 0.234 e. The minimum Gasteiger partial charge on any atom is -0.369 e. The molecule has 0 aromatic heterocycles. The van der Waals surface area contributed by atoms with Crippen LogP contribution in [-0.2, 0) is 20.4 Å². The summed E-state index contributed by atoms with van der Waals surface area (Å²) in [7, 11) is -3.86. The first-order valence-corrected chi connectivity index (χ1v) is 8.40. The molecule has 0 aliphatic carbocycles. The van der Waals surface area contributed by atoms with E-state index in [2.05, 4.69) is 4.72 Å². The highest BCUT2D eigenvalue weighted by molar-refractivity contribution is 7.90. The van der Waals surface area contributed by atoms with Crippen molar-refractivity contribution >= 4 is 15.9 Å². The van der Waals surface area contributed by atoms with E-state index in [1.165, 1.54) is 0 Å². The van der Waals surface area contributed by atoms with Gasteiger partial charge in [0.25, 0.3) is 0 Å². The standard InChI is InChI=1S/C16H18N2O3S/c1-16(13-8-4-2-5-9-13,14-10-6-3-7-11-14)18-22(20,21)12-15(17)19/h2-11,18H,12H2,1H3,(H2,17,19). The molecule has 0 unspecified atom stereocenters. The van der Waals surface area contributed by atoms with Crippen molar-refractivity contribution in [3.8, 4) is 0 Å². The second-order valence-corrected chi connectivity index (χ2v) is 6.91. The van der Waals surface area contributed by atoms with Crippen molar-refractivity contribution < 1.29 is 13.2 Å². The Bertz CT molecular complexity index is 704. The first kappa shape index (κ1) is 16.2. The molecule has 0 heterocycles. The third-order valence-corrected chi connectivity index (χ3v) is 4.78. The number of amides is 1. The molecular formula is C16H18N2O3S. The van der Waals surface area contributed by atoms with E-state index < -0.39 is 27.2 Å². The lowest BCUT2D eigenvalue weighted by Crippen LogP contribution is -2.47. The molecule has 1 amide bonds. The predicted molar refractivity (Wildman–Crippen MR) is 85.5 cm³/mol. The average molecular weight is 318 g/mol. The molecule has 5 nitrogen and oxygen atoms in total. The lowest BCUT2D eigenvalue weighted by atomic mass is 9.86. The second-order valence-electron chi connectivity index (χ2n) is 5.18. The number of nitrogens with one attached hydrogen (secondary N) is 1. The van der Waals surface area contributed by atoms with Gasteiger partial charge in [-0.15, -0.1) is 0 Å². The first-order chi connectivity index (χ1) is 10.3. The zero-order valence-corrected chi connectivity index (χ0v) is 13.0. The zero-order chi connectivity index (χ0) is 16.2. The molecule has 0 aliphatic heterocycles. The summed E-state index contributed by atoms with van der Waals surface area (Å²) in [6.07, 6.45) is 0. The Morgan fingerprint density at radius 2 is 1.41 bits per heavy atom. The molecule has 2 aromatic carbocycles. The van der Waals surface area contributed by atoms with Crippen LogP contribution in [-0.4, -0.2) is 20.1 Å². The summed E-state index contributed by atoms with van der Waals surface area (Å²) in [6.45, 7) is 1.76. The molecule has 0 saturated carbocycles. The Morgan fingerprint density at radius 3 is 1.77 bits per heavy atom. The number of primary amides is 1. The van der Waals surface area contributed by atoms with Crippen molar-refractivity contribution in [2.24, 2.45) is 5.73 Å². The zero-order valence-electron chi connectivity index (χ0n) is 12.2. The van der Waals surface area contributed by atoms with Gasteiger partial charge in [0, 0.05) is 0 Å². The maximum absolute atomic E-state index is 12.2. The van der Waals surface area contributed by atoms with Gasteiger partial charge in [-0.05, 0) is 18.1 Å². The van der Waals surface area contributed by atoms with Crippen LogP contribution in [0.5, 0.6) is 0 Å². The summed E-state index contributed by atoms with van der Waals surface area (Å²) in [5, 5.41) is 0. The summed E-state index contributed by atoms with van der Waals surface area (Å²) in [6, 6.07) is 18.4. The van der Waals surface area contributed by atoms with Crippen LogP contribution in [0.15, 0.2) is 60.7 Å². The van der Waals surface area contributed by atoms with E-state index in [9.17, 15) is 13.2 Å². The van der Waals surface area contributed by atoms with E-state index in [1.54, 1.807) is 6.92 Å². The molecule has 0 bridgehead atoms. The molecule has 6 heteroatoms. The fourth-order valence-electron chi connectivity index (χ4n) is 2.36. The van der Waals surface area contributed by atoms with E-state index in [4.69, 9.17) is 5.73 Å². The Labute approximate surface area is 130 Å². The maximum atomic E-state index is 12.2. The van der Waals surface area contributed by atoms with Gasteiger partial charge in [-0.2, -0.15) is 0 Å². The highest BCUT2D eigenvalue weighted by Crippen LogP contribution is 2.29. The first-order valence-electron chi connectivity index (χ1n) is 6.74. The van der Waals surface area contributed by atoms with E-state index >= 15 is 0 Å². The number of nitrogens with two attached hydrogens (primary N) is 1. The highest BCUT2D eigenvalue weighted by atomic mass is 32.2. The number of hydrogen-bond donors (Lipinski definition) is 2. The molecule has 0 atom stereocenters. The van der Waals surface area contributed by atoms with Crippen LogP contribution in [0.4, 0.5) is 0 Å². The van der Waals surface area contributed by atoms with Gasteiger partial charge in [-0.1, -0.05) is 60.7 Å². The van der Waals surface area contributed by atoms with Gasteiger partial charge in [-0.3, -0.25) is 4.79 Å². The molecular weight excluding hydrogens is 300 g/mol. The van der Waals surface area contributed by atoms with Crippen LogP contribution in [0.3, 0.4) is 0 Å².